The molecule has 1 aliphatic rings. The summed E-state index contributed by atoms with van der Waals surface area (Å²) < 4.78 is 0. The van der Waals surface area contributed by atoms with Crippen LogP contribution in [0.4, 0.5) is 10.5 Å². The Morgan fingerprint density at radius 3 is 2.77 bits per heavy atom. The van der Waals surface area contributed by atoms with Crippen molar-refractivity contribution in [1.82, 2.24) is 20.5 Å². The quantitative estimate of drug-likeness (QED) is 0.750. The Labute approximate surface area is 152 Å². The molecule has 1 aromatic carbocycles. The molecule has 26 heavy (non-hydrogen) atoms. The van der Waals surface area contributed by atoms with E-state index in [1.54, 1.807) is 6.20 Å². The predicted octanol–water partition coefficient (Wildman–Crippen LogP) is 3.91. The summed E-state index contributed by atoms with van der Waals surface area (Å²) in [6.07, 6.45) is 4.03. The van der Waals surface area contributed by atoms with Crippen molar-refractivity contribution in [3.8, 4) is 0 Å². The number of carbonyl (C=O) groups excluding carboxylic acids is 1. The van der Waals surface area contributed by atoms with Crippen molar-refractivity contribution in [3.63, 3.8) is 0 Å². The summed E-state index contributed by atoms with van der Waals surface area (Å²) >= 11 is 0. The van der Waals surface area contributed by atoms with Crippen molar-refractivity contribution in [1.29, 1.82) is 0 Å². The minimum atomic E-state index is -0.229. The molecular weight excluding hydrogens is 326 g/mol. The van der Waals surface area contributed by atoms with Gasteiger partial charge in [0.15, 0.2) is 0 Å². The molecule has 2 heterocycles. The van der Waals surface area contributed by atoms with Crippen LogP contribution in [-0.2, 0) is 0 Å². The Hall–Kier alpha value is -3.02. The predicted molar refractivity (Wildman–Crippen MR) is 101 cm³/mol. The van der Waals surface area contributed by atoms with Crippen molar-refractivity contribution in [2.24, 2.45) is 5.92 Å². The summed E-state index contributed by atoms with van der Waals surface area (Å²) in [6.45, 7) is 3.92. The van der Waals surface area contributed by atoms with Gasteiger partial charge in [0.2, 0.25) is 0 Å². The van der Waals surface area contributed by atoms with E-state index >= 15 is 0 Å². The lowest BCUT2D eigenvalue weighted by Crippen LogP contribution is -2.34. The van der Waals surface area contributed by atoms with E-state index in [-0.39, 0.29) is 12.1 Å². The Kier molecular flexibility index (Phi) is 4.24. The Bertz CT molecular complexity index is 967. The smallest absolute Gasteiger partial charge is 0.319 e. The molecule has 6 nitrogen and oxygen atoms in total. The zero-order valence-electron chi connectivity index (χ0n) is 14.9. The van der Waals surface area contributed by atoms with Gasteiger partial charge < -0.3 is 10.6 Å². The fourth-order valence-electron chi connectivity index (χ4n) is 3.16. The van der Waals surface area contributed by atoms with Crippen LogP contribution in [0.2, 0.25) is 0 Å². The number of amides is 2. The molecule has 0 aliphatic heterocycles. The lowest BCUT2D eigenvalue weighted by molar-refractivity contribution is 0.246. The topological polar surface area (TPSA) is 79.8 Å². The molecule has 0 radical (unpaired) electrons. The number of hydrogen-bond acceptors (Lipinski definition) is 4. The van der Waals surface area contributed by atoms with Gasteiger partial charge in [-0.25, -0.2) is 4.79 Å². The Morgan fingerprint density at radius 1 is 1.15 bits per heavy atom. The molecule has 0 saturated heterocycles. The molecule has 4 rings (SSSR count). The van der Waals surface area contributed by atoms with Crippen molar-refractivity contribution in [2.45, 2.75) is 32.7 Å². The summed E-state index contributed by atoms with van der Waals surface area (Å²) in [7, 11) is 0. The fourth-order valence-corrected chi connectivity index (χ4v) is 3.16. The monoisotopic (exact) mass is 347 g/mol. The molecule has 1 atom stereocenters. The third-order valence-electron chi connectivity index (χ3n) is 4.64. The lowest BCUT2D eigenvalue weighted by atomic mass is 10.1. The molecule has 132 valence electrons. The van der Waals surface area contributed by atoms with E-state index in [0.717, 1.165) is 46.4 Å². The molecular formula is C20H21N5O. The third kappa shape index (κ3) is 3.49. The minimum Gasteiger partial charge on any atom is -0.329 e. The van der Waals surface area contributed by atoms with Crippen LogP contribution in [0.15, 0.2) is 42.6 Å². The maximum atomic E-state index is 12.7. The number of pyridine rings is 1. The number of anilines is 1. The van der Waals surface area contributed by atoms with Gasteiger partial charge in [0.1, 0.15) is 0 Å². The summed E-state index contributed by atoms with van der Waals surface area (Å²) in [5.74, 6) is 0.454. The van der Waals surface area contributed by atoms with Crippen molar-refractivity contribution >= 4 is 22.6 Å². The average molecular weight is 347 g/mol. The number of hydrogen-bond donors (Lipinski definition) is 2. The number of nitrogens with one attached hydrogen (secondary N) is 2. The fraction of sp³-hybridized carbons (Fsp3) is 0.300. The summed E-state index contributed by atoms with van der Waals surface area (Å²) in [5, 5.41) is 15.2. The molecule has 2 amide bonds. The number of urea groups is 1. The van der Waals surface area contributed by atoms with Crippen LogP contribution in [0.5, 0.6) is 0 Å². The van der Waals surface area contributed by atoms with Gasteiger partial charge in [-0.3, -0.25) is 4.98 Å². The maximum Gasteiger partial charge on any atom is 0.319 e. The van der Waals surface area contributed by atoms with Gasteiger partial charge in [0.05, 0.1) is 28.6 Å². The van der Waals surface area contributed by atoms with Gasteiger partial charge in [0.25, 0.3) is 0 Å². The van der Waals surface area contributed by atoms with E-state index in [1.165, 1.54) is 0 Å². The molecule has 3 aromatic rings. The molecule has 2 aromatic heterocycles. The first-order valence-electron chi connectivity index (χ1n) is 8.83. The van der Waals surface area contributed by atoms with Crippen LogP contribution < -0.4 is 10.6 Å². The molecule has 0 bridgehead atoms. The molecule has 1 aliphatic carbocycles. The number of carbonyl (C=O) groups is 1. The van der Waals surface area contributed by atoms with E-state index in [0.29, 0.717) is 5.92 Å². The number of aromatic nitrogens is 3. The third-order valence-corrected chi connectivity index (χ3v) is 4.64. The summed E-state index contributed by atoms with van der Waals surface area (Å²) in [5.41, 5.74) is 4.36. The van der Waals surface area contributed by atoms with Crippen LogP contribution >= 0.6 is 0 Å². The zero-order valence-corrected chi connectivity index (χ0v) is 14.9. The molecule has 1 saturated carbocycles. The largest absolute Gasteiger partial charge is 0.329 e. The van der Waals surface area contributed by atoms with Crippen LogP contribution in [-0.4, -0.2) is 21.2 Å². The highest BCUT2D eigenvalue weighted by Gasteiger charge is 2.34. The van der Waals surface area contributed by atoms with Gasteiger partial charge in [-0.15, -0.1) is 0 Å². The van der Waals surface area contributed by atoms with E-state index in [1.807, 2.05) is 50.2 Å². The van der Waals surface area contributed by atoms with E-state index in [2.05, 4.69) is 25.8 Å². The summed E-state index contributed by atoms with van der Waals surface area (Å²) in [4.78, 5) is 17.1. The van der Waals surface area contributed by atoms with Gasteiger partial charge in [0, 0.05) is 11.6 Å². The second-order valence-electron chi connectivity index (χ2n) is 6.90. The molecule has 0 unspecified atom stereocenters. The Morgan fingerprint density at radius 2 is 2.00 bits per heavy atom. The molecule has 1 fully saturated rings. The molecule has 2 N–H and O–H groups in total. The van der Waals surface area contributed by atoms with Gasteiger partial charge in [-0.05, 0) is 68.5 Å². The van der Waals surface area contributed by atoms with Gasteiger partial charge >= 0.3 is 6.03 Å². The highest BCUT2D eigenvalue weighted by molar-refractivity contribution is 6.00. The van der Waals surface area contributed by atoms with Crippen LogP contribution in [0.3, 0.4) is 0 Å². The van der Waals surface area contributed by atoms with Crippen LogP contribution in [0.1, 0.15) is 35.8 Å². The van der Waals surface area contributed by atoms with E-state index < -0.39 is 0 Å². The van der Waals surface area contributed by atoms with E-state index in [4.69, 9.17) is 0 Å². The standard InChI is InChI=1S/C20H21N5O/c1-12-8-9-21-18(10-12)19(14-6-7-14)23-20(26)22-16-4-3-5-17-15(16)11-13(2)24-25-17/h3-5,8-11,14,19H,6-7H2,1-2H3,(H2,22,23,26)/t19-/m0/s1. The van der Waals surface area contributed by atoms with Gasteiger partial charge in [-0.1, -0.05) is 6.07 Å². The minimum absolute atomic E-state index is 0.0635. The number of nitrogens with zero attached hydrogens (tertiary/aromatic N) is 3. The van der Waals surface area contributed by atoms with Crippen LogP contribution in [0, 0.1) is 19.8 Å². The lowest BCUT2D eigenvalue weighted by Gasteiger charge is -2.19. The van der Waals surface area contributed by atoms with Crippen molar-refractivity contribution in [2.75, 3.05) is 5.32 Å². The first-order valence-corrected chi connectivity index (χ1v) is 8.83. The van der Waals surface area contributed by atoms with Gasteiger partial charge in [-0.2, -0.15) is 10.2 Å². The average Bonchev–Trinajstić information content (AvgIpc) is 3.45. The Balaban J connectivity index is 1.55. The van der Waals surface area contributed by atoms with E-state index in [9.17, 15) is 4.79 Å². The molecule has 6 heteroatoms. The number of rotatable bonds is 4. The summed E-state index contributed by atoms with van der Waals surface area (Å²) in [6, 6.07) is 11.3. The highest BCUT2D eigenvalue weighted by Crippen LogP contribution is 2.40. The first kappa shape index (κ1) is 16.4. The van der Waals surface area contributed by atoms with Crippen molar-refractivity contribution in [3.05, 3.63) is 59.5 Å². The first-order chi connectivity index (χ1) is 12.6. The normalized spacial score (nSPS) is 14.8. The maximum absolute atomic E-state index is 12.7. The number of fused-ring (bicyclic) bond motifs is 1. The number of benzene rings is 1. The number of aryl methyl sites for hydroxylation is 2. The SMILES string of the molecule is Cc1ccnc([C@@H](NC(=O)Nc2cccc3nnc(C)cc23)C2CC2)c1. The van der Waals surface area contributed by atoms with Crippen LogP contribution in [0.25, 0.3) is 10.9 Å². The highest BCUT2D eigenvalue weighted by atomic mass is 16.2. The second-order valence-corrected chi connectivity index (χ2v) is 6.90. The van der Waals surface area contributed by atoms with Crippen molar-refractivity contribution < 1.29 is 4.79 Å². The molecule has 0 spiro atoms. The second kappa shape index (κ2) is 6.71. The zero-order chi connectivity index (χ0) is 18.1.